The monoisotopic (exact) mass is 191 g/mol. The van der Waals surface area contributed by atoms with Gasteiger partial charge in [0, 0.05) is 14.1 Å². The van der Waals surface area contributed by atoms with Gasteiger partial charge in [-0.2, -0.15) is 0 Å². The number of nitrogens with zero attached hydrogens (tertiary/aromatic N) is 1. The van der Waals surface area contributed by atoms with E-state index in [1.54, 1.807) is 0 Å². The zero-order valence-electron chi connectivity index (χ0n) is 9.08. The number of hydrogen-bond donors (Lipinski definition) is 0. The molecule has 1 aliphatic rings. The molecule has 0 radical (unpaired) electrons. The lowest BCUT2D eigenvalue weighted by Gasteiger charge is -2.18. The molecule has 76 valence electrons. The quantitative estimate of drug-likeness (QED) is 0.728. The van der Waals surface area contributed by atoms with Crippen molar-refractivity contribution < 1.29 is 4.74 Å². The Balaban J connectivity index is 2.26. The zero-order chi connectivity index (χ0) is 10.1. The van der Waals surface area contributed by atoms with Crippen molar-refractivity contribution in [2.24, 2.45) is 0 Å². The van der Waals surface area contributed by atoms with Crippen molar-refractivity contribution in [3.8, 4) is 5.75 Å². The van der Waals surface area contributed by atoms with Crippen LogP contribution in [0.3, 0.4) is 0 Å². The number of aryl methyl sites for hydroxylation is 1. The second kappa shape index (κ2) is 3.52. The van der Waals surface area contributed by atoms with E-state index in [2.05, 4.69) is 44.1 Å². The molecule has 0 amide bonds. The van der Waals surface area contributed by atoms with Crippen molar-refractivity contribution in [2.75, 3.05) is 19.0 Å². The molecule has 1 aromatic carbocycles. The molecule has 1 aliphatic carbocycles. The summed E-state index contributed by atoms with van der Waals surface area (Å²) in [5, 5.41) is 0. The van der Waals surface area contributed by atoms with Crippen LogP contribution in [-0.4, -0.2) is 20.2 Å². The first-order valence-electron chi connectivity index (χ1n) is 5.11. The van der Waals surface area contributed by atoms with E-state index < -0.39 is 0 Å². The van der Waals surface area contributed by atoms with Crippen LogP contribution >= 0.6 is 0 Å². The van der Waals surface area contributed by atoms with Gasteiger partial charge in [0.25, 0.3) is 0 Å². The molecule has 2 heteroatoms. The van der Waals surface area contributed by atoms with Crippen molar-refractivity contribution in [1.29, 1.82) is 0 Å². The molecule has 0 aliphatic heterocycles. The summed E-state index contributed by atoms with van der Waals surface area (Å²) in [6, 6.07) is 6.34. The van der Waals surface area contributed by atoms with Gasteiger partial charge in [-0.15, -0.1) is 0 Å². The van der Waals surface area contributed by atoms with Gasteiger partial charge in [0.15, 0.2) is 0 Å². The second-order valence-electron chi connectivity index (χ2n) is 4.18. The Kier molecular flexibility index (Phi) is 2.36. The van der Waals surface area contributed by atoms with Crippen LogP contribution in [0.2, 0.25) is 0 Å². The molecule has 2 nitrogen and oxygen atoms in total. The summed E-state index contributed by atoms with van der Waals surface area (Å²) < 4.78 is 5.83. The standard InChI is InChI=1S/C12H17NO/c1-9-4-7-12(14-10-5-6-10)11(8-9)13(2)3/h4,7-8,10H,5-6H2,1-3H3. The number of anilines is 1. The third-order valence-corrected chi connectivity index (χ3v) is 2.41. The van der Waals surface area contributed by atoms with Gasteiger partial charge in [0.2, 0.25) is 0 Å². The number of benzene rings is 1. The topological polar surface area (TPSA) is 12.5 Å². The van der Waals surface area contributed by atoms with Crippen LogP contribution in [0.1, 0.15) is 18.4 Å². The minimum atomic E-state index is 0.469. The maximum absolute atomic E-state index is 5.83. The smallest absolute Gasteiger partial charge is 0.143 e. The fraction of sp³-hybridized carbons (Fsp3) is 0.500. The molecule has 1 aromatic rings. The highest BCUT2D eigenvalue weighted by atomic mass is 16.5. The largest absolute Gasteiger partial charge is 0.488 e. The second-order valence-corrected chi connectivity index (χ2v) is 4.18. The molecule has 14 heavy (non-hydrogen) atoms. The maximum Gasteiger partial charge on any atom is 0.143 e. The van der Waals surface area contributed by atoms with Gasteiger partial charge in [-0.1, -0.05) is 6.07 Å². The summed E-state index contributed by atoms with van der Waals surface area (Å²) in [7, 11) is 4.10. The number of rotatable bonds is 3. The Morgan fingerprint density at radius 1 is 1.29 bits per heavy atom. The van der Waals surface area contributed by atoms with E-state index >= 15 is 0 Å². The summed E-state index contributed by atoms with van der Waals surface area (Å²) in [6.45, 7) is 2.11. The van der Waals surface area contributed by atoms with Crippen molar-refractivity contribution in [1.82, 2.24) is 0 Å². The van der Waals surface area contributed by atoms with E-state index in [9.17, 15) is 0 Å². The van der Waals surface area contributed by atoms with Gasteiger partial charge in [-0.25, -0.2) is 0 Å². The predicted molar refractivity (Wildman–Crippen MR) is 59.2 cm³/mol. The van der Waals surface area contributed by atoms with Gasteiger partial charge < -0.3 is 9.64 Å². The van der Waals surface area contributed by atoms with Crippen LogP contribution in [0.4, 0.5) is 5.69 Å². The molecule has 0 unspecified atom stereocenters. The summed E-state index contributed by atoms with van der Waals surface area (Å²) in [5.74, 6) is 1.02. The summed E-state index contributed by atoms with van der Waals surface area (Å²) in [4.78, 5) is 2.10. The third kappa shape index (κ3) is 2.00. The first-order chi connectivity index (χ1) is 6.66. The lowest BCUT2D eigenvalue weighted by atomic mass is 10.2. The van der Waals surface area contributed by atoms with Crippen LogP contribution in [0.15, 0.2) is 18.2 Å². The molecule has 0 aromatic heterocycles. The summed E-state index contributed by atoms with van der Waals surface area (Å²) in [5.41, 5.74) is 2.45. The minimum Gasteiger partial charge on any atom is -0.488 e. The molecular formula is C12H17NO. The normalized spacial score (nSPS) is 15.4. The number of ether oxygens (including phenoxy) is 1. The average Bonchev–Trinajstić information content (AvgIpc) is 2.91. The van der Waals surface area contributed by atoms with Crippen molar-refractivity contribution in [3.63, 3.8) is 0 Å². The molecule has 1 saturated carbocycles. The third-order valence-electron chi connectivity index (χ3n) is 2.41. The van der Waals surface area contributed by atoms with E-state index in [-0.39, 0.29) is 0 Å². The molecule has 1 fully saturated rings. The molecule has 0 bridgehead atoms. The van der Waals surface area contributed by atoms with E-state index in [0.29, 0.717) is 6.10 Å². The predicted octanol–water partition coefficient (Wildman–Crippen LogP) is 2.60. The summed E-state index contributed by atoms with van der Waals surface area (Å²) >= 11 is 0. The molecule has 2 rings (SSSR count). The Bertz CT molecular complexity index is 329. The van der Waals surface area contributed by atoms with E-state index in [0.717, 1.165) is 5.75 Å². The first kappa shape index (κ1) is 9.38. The maximum atomic E-state index is 5.83. The molecule has 0 atom stereocenters. The van der Waals surface area contributed by atoms with E-state index in [1.165, 1.54) is 24.1 Å². The van der Waals surface area contributed by atoms with Crippen molar-refractivity contribution in [2.45, 2.75) is 25.9 Å². The lowest BCUT2D eigenvalue weighted by Crippen LogP contribution is -2.11. The Hall–Kier alpha value is -1.18. The molecule has 0 N–H and O–H groups in total. The molecule has 0 heterocycles. The lowest BCUT2D eigenvalue weighted by molar-refractivity contribution is 0.304. The Labute approximate surface area is 85.5 Å². The van der Waals surface area contributed by atoms with Crippen LogP contribution in [0, 0.1) is 6.92 Å². The molecular weight excluding hydrogens is 174 g/mol. The van der Waals surface area contributed by atoms with Gasteiger partial charge in [0.1, 0.15) is 5.75 Å². The Morgan fingerprint density at radius 2 is 2.00 bits per heavy atom. The van der Waals surface area contributed by atoms with Crippen LogP contribution in [0.25, 0.3) is 0 Å². The fourth-order valence-corrected chi connectivity index (χ4v) is 1.44. The highest BCUT2D eigenvalue weighted by Crippen LogP contribution is 2.33. The van der Waals surface area contributed by atoms with Crippen LogP contribution in [-0.2, 0) is 0 Å². The fourth-order valence-electron chi connectivity index (χ4n) is 1.44. The summed E-state index contributed by atoms with van der Waals surface area (Å²) in [6.07, 6.45) is 2.89. The van der Waals surface area contributed by atoms with E-state index in [1.807, 2.05) is 0 Å². The molecule has 0 spiro atoms. The SMILES string of the molecule is Cc1ccc(OC2CC2)c(N(C)C)c1. The highest BCUT2D eigenvalue weighted by molar-refractivity contribution is 5.59. The van der Waals surface area contributed by atoms with Gasteiger partial charge >= 0.3 is 0 Å². The highest BCUT2D eigenvalue weighted by Gasteiger charge is 2.24. The van der Waals surface area contributed by atoms with Crippen LogP contribution < -0.4 is 9.64 Å². The average molecular weight is 191 g/mol. The first-order valence-corrected chi connectivity index (χ1v) is 5.11. The van der Waals surface area contributed by atoms with Crippen molar-refractivity contribution >= 4 is 5.69 Å². The van der Waals surface area contributed by atoms with Crippen molar-refractivity contribution in [3.05, 3.63) is 23.8 Å². The molecule has 0 saturated heterocycles. The Morgan fingerprint density at radius 3 is 2.57 bits per heavy atom. The zero-order valence-corrected chi connectivity index (χ0v) is 9.08. The van der Waals surface area contributed by atoms with Gasteiger partial charge in [0.05, 0.1) is 11.8 Å². The minimum absolute atomic E-state index is 0.469. The van der Waals surface area contributed by atoms with Gasteiger partial charge in [-0.3, -0.25) is 0 Å². The van der Waals surface area contributed by atoms with Gasteiger partial charge in [-0.05, 0) is 37.5 Å². The number of hydrogen-bond acceptors (Lipinski definition) is 2. The van der Waals surface area contributed by atoms with Crippen LogP contribution in [0.5, 0.6) is 5.75 Å². The van der Waals surface area contributed by atoms with E-state index in [4.69, 9.17) is 4.74 Å².